The SMILES string of the molecule is Brc1ccc(-c2ccc(-c3nc4ccccc4n3-c3ccccc3)nc2)nc1.CC1(C)OB(c2ccc(-c3ccc(N(c4ccccc4)c4ccc5ccccc5c4)cc3)cc2)OC1(C)C.c1ccc(N(c2ccc(-c3ccc(-c4ccc(-c5ccc(-c6nc7ccccc7n6-c6ccccc6)nc5)nc4)cc3)cc2)c2ccc3ccccc3c2)cc1. The van der Waals surface area contributed by atoms with Crippen molar-refractivity contribution in [2.24, 2.45) is 0 Å². The molecule has 1 aliphatic heterocycles. The number of para-hydroxylation sites is 8. The lowest BCUT2D eigenvalue weighted by Crippen LogP contribution is -2.41. The van der Waals surface area contributed by atoms with Crippen LogP contribution < -0.4 is 15.3 Å². The third kappa shape index (κ3) is 16.1. The number of fused-ring (bicyclic) bond motifs is 4. The number of imidazole rings is 2. The quantitative estimate of drug-likeness (QED) is 0.0867. The summed E-state index contributed by atoms with van der Waals surface area (Å²) in [6.07, 6.45) is 7.46. The van der Waals surface area contributed by atoms with Crippen molar-refractivity contribution >= 4 is 106 Å². The molecule has 14 aromatic carbocycles. The molecule has 586 valence electrons. The van der Waals surface area contributed by atoms with Gasteiger partial charge in [0.25, 0.3) is 0 Å². The Morgan fingerprint density at radius 2 is 0.582 bits per heavy atom. The predicted octanol–water partition coefficient (Wildman–Crippen LogP) is 27.3. The molecule has 1 fully saturated rings. The Balaban J connectivity index is 0.000000129. The van der Waals surface area contributed by atoms with E-state index in [1.807, 2.05) is 122 Å². The molecule has 0 radical (unpaired) electrons. The maximum absolute atomic E-state index is 6.22. The summed E-state index contributed by atoms with van der Waals surface area (Å²) in [4.78, 5) is 33.3. The second-order valence-corrected chi connectivity index (χ2v) is 32.1. The molecule has 0 atom stereocenters. The molecule has 6 aromatic heterocycles. The fourth-order valence-corrected chi connectivity index (χ4v) is 15.9. The van der Waals surface area contributed by atoms with E-state index in [9.17, 15) is 0 Å². The zero-order valence-corrected chi connectivity index (χ0v) is 69.2. The van der Waals surface area contributed by atoms with Gasteiger partial charge in [-0.2, -0.15) is 0 Å². The molecule has 0 saturated carbocycles. The first-order chi connectivity index (χ1) is 59.8. The molecule has 0 N–H and O–H groups in total. The average molecular weight is 1640 g/mol. The molecule has 0 bridgehead atoms. The Morgan fingerprint density at radius 1 is 0.270 bits per heavy atom. The van der Waals surface area contributed by atoms with E-state index in [0.29, 0.717) is 0 Å². The minimum Gasteiger partial charge on any atom is -0.399 e. The fraction of sp³-hybridized carbons (Fsp3) is 0.0556. The number of anilines is 6. The minimum absolute atomic E-state index is 0.345. The molecule has 0 unspecified atom stereocenters. The summed E-state index contributed by atoms with van der Waals surface area (Å²) in [6, 6.07) is 139. The Bertz CT molecular complexity index is 7010. The molecular formula is C108H82BBrN10O2. The third-order valence-corrected chi connectivity index (χ3v) is 23.3. The Labute approximate surface area is 718 Å². The first kappa shape index (κ1) is 77.1. The van der Waals surface area contributed by atoms with Gasteiger partial charge in [-0.25, -0.2) is 9.97 Å². The predicted molar refractivity (Wildman–Crippen MR) is 506 cm³/mol. The lowest BCUT2D eigenvalue weighted by molar-refractivity contribution is 0.00578. The van der Waals surface area contributed by atoms with E-state index >= 15 is 0 Å². The third-order valence-electron chi connectivity index (χ3n) is 22.8. The lowest BCUT2D eigenvalue weighted by atomic mass is 9.78. The molecule has 122 heavy (non-hydrogen) atoms. The van der Waals surface area contributed by atoms with E-state index in [2.05, 4.69) is 365 Å². The fourth-order valence-electron chi connectivity index (χ4n) is 15.7. The highest BCUT2D eigenvalue weighted by Gasteiger charge is 2.51. The molecule has 1 saturated heterocycles. The first-order valence-electron chi connectivity index (χ1n) is 40.9. The Morgan fingerprint density at radius 3 is 0.984 bits per heavy atom. The molecule has 21 rings (SSSR count). The standard InChI is InChI=1S/C51H35N5.C34H32BNO2.C23H15BrN4/c1-3-13-43(14-4-1)55(46-30-25-36-11-7-8-12-40(36)33-46)45-28-23-38(24-29-45)37-19-21-39(22-20-37)41-26-31-47(52-34-41)42-27-32-49(53-35-42)51-54-48-17-9-10-18-50(48)56(51)44-15-5-2-6-16-44;1-33(2)34(3,4)38-35(37-33)29-19-14-26(15-20-29)27-16-21-31(22-17-27)36(30-12-6-5-7-13-30)32-23-18-25-10-8-9-11-28(25)24-32;24-17-11-13-19(26-15-17)16-10-12-21(25-14-16)23-27-20-8-4-5-9-22(20)28(23)18-6-2-1-3-7-18/h1-35H;5-24H,1-4H3;1-15H. The van der Waals surface area contributed by atoms with Crippen LogP contribution in [0.25, 0.3) is 134 Å². The number of benzene rings is 14. The summed E-state index contributed by atoms with van der Waals surface area (Å²) in [7, 11) is -0.349. The number of nitrogens with zero attached hydrogens (tertiary/aromatic N) is 10. The normalized spacial score (nSPS) is 12.7. The molecule has 7 heterocycles. The van der Waals surface area contributed by atoms with Gasteiger partial charge >= 0.3 is 7.12 Å². The molecule has 1 aliphatic rings. The van der Waals surface area contributed by atoms with E-state index in [4.69, 9.17) is 34.2 Å². The summed E-state index contributed by atoms with van der Waals surface area (Å²) in [5, 5.41) is 4.92. The van der Waals surface area contributed by atoms with Gasteiger partial charge in [-0.15, -0.1) is 0 Å². The number of hydrogen-bond donors (Lipinski definition) is 0. The van der Waals surface area contributed by atoms with Gasteiger partial charge in [0.05, 0.1) is 44.7 Å². The van der Waals surface area contributed by atoms with Gasteiger partial charge in [0.15, 0.2) is 11.6 Å². The highest BCUT2D eigenvalue weighted by atomic mass is 79.9. The van der Waals surface area contributed by atoms with Crippen LogP contribution in [0.15, 0.2) is 430 Å². The first-order valence-corrected chi connectivity index (χ1v) is 41.7. The van der Waals surface area contributed by atoms with Crippen molar-refractivity contribution in [3.05, 3.63) is 430 Å². The second kappa shape index (κ2) is 33.9. The van der Waals surface area contributed by atoms with Crippen LogP contribution in [-0.4, -0.2) is 57.4 Å². The maximum Gasteiger partial charge on any atom is 0.494 e. The van der Waals surface area contributed by atoms with Crippen molar-refractivity contribution in [2.45, 2.75) is 38.9 Å². The van der Waals surface area contributed by atoms with Crippen LogP contribution in [0.1, 0.15) is 27.7 Å². The van der Waals surface area contributed by atoms with Gasteiger partial charge in [-0.1, -0.05) is 237 Å². The van der Waals surface area contributed by atoms with Crippen molar-refractivity contribution in [1.29, 1.82) is 0 Å². The van der Waals surface area contributed by atoms with Crippen molar-refractivity contribution in [1.82, 2.24) is 39.0 Å². The van der Waals surface area contributed by atoms with Gasteiger partial charge in [-0.05, 0) is 262 Å². The zero-order chi connectivity index (χ0) is 82.5. The van der Waals surface area contributed by atoms with Gasteiger partial charge < -0.3 is 19.1 Å². The molecule has 0 spiro atoms. The summed E-state index contributed by atoms with van der Waals surface area (Å²) in [6.45, 7) is 8.33. The smallest absolute Gasteiger partial charge is 0.399 e. The van der Waals surface area contributed by atoms with Crippen molar-refractivity contribution < 1.29 is 9.31 Å². The summed E-state index contributed by atoms with van der Waals surface area (Å²) < 4.78 is 17.7. The topological polar surface area (TPSA) is 112 Å². The van der Waals surface area contributed by atoms with Crippen LogP contribution in [0.4, 0.5) is 34.1 Å². The van der Waals surface area contributed by atoms with Gasteiger partial charge in [0.2, 0.25) is 0 Å². The number of halogens is 1. The summed E-state index contributed by atoms with van der Waals surface area (Å²) >= 11 is 3.42. The van der Waals surface area contributed by atoms with Crippen LogP contribution in [-0.2, 0) is 9.31 Å². The van der Waals surface area contributed by atoms with Gasteiger partial charge in [0, 0.05) is 91.4 Å². The maximum atomic E-state index is 6.22. The molecule has 20 aromatic rings. The number of aromatic nitrogens is 8. The van der Waals surface area contributed by atoms with E-state index in [1.54, 1.807) is 6.20 Å². The Kier molecular flexibility index (Phi) is 21.4. The van der Waals surface area contributed by atoms with Crippen LogP contribution in [0.3, 0.4) is 0 Å². The molecule has 0 aliphatic carbocycles. The molecular weight excluding hydrogens is 1560 g/mol. The van der Waals surface area contributed by atoms with Crippen LogP contribution in [0, 0.1) is 0 Å². The van der Waals surface area contributed by atoms with Gasteiger partial charge in [-0.3, -0.25) is 29.1 Å². The van der Waals surface area contributed by atoms with Crippen LogP contribution in [0.5, 0.6) is 0 Å². The Hall–Kier alpha value is -14.8. The monoisotopic (exact) mass is 1640 g/mol. The van der Waals surface area contributed by atoms with E-state index in [0.717, 1.165) is 151 Å². The molecule has 0 amide bonds. The highest BCUT2D eigenvalue weighted by molar-refractivity contribution is 9.10. The molecule has 14 heteroatoms. The van der Waals surface area contributed by atoms with Gasteiger partial charge in [0.1, 0.15) is 11.4 Å². The molecule has 12 nitrogen and oxygen atoms in total. The lowest BCUT2D eigenvalue weighted by Gasteiger charge is -2.32. The largest absolute Gasteiger partial charge is 0.494 e. The average Bonchev–Trinajstić information content (AvgIpc) is 1.69. The highest BCUT2D eigenvalue weighted by Crippen LogP contribution is 2.42. The van der Waals surface area contributed by atoms with Crippen molar-refractivity contribution in [2.75, 3.05) is 9.80 Å². The van der Waals surface area contributed by atoms with E-state index in [1.165, 1.54) is 27.1 Å². The second-order valence-electron chi connectivity index (χ2n) is 31.1. The summed E-state index contributed by atoms with van der Waals surface area (Å²) in [5.74, 6) is 1.63. The van der Waals surface area contributed by atoms with E-state index < -0.39 is 0 Å². The van der Waals surface area contributed by atoms with Crippen molar-refractivity contribution in [3.8, 4) is 90.3 Å². The van der Waals surface area contributed by atoms with Crippen LogP contribution in [0.2, 0.25) is 0 Å². The van der Waals surface area contributed by atoms with Crippen LogP contribution >= 0.6 is 15.9 Å². The summed E-state index contributed by atoms with van der Waals surface area (Å²) in [5.41, 5.74) is 25.3. The van der Waals surface area contributed by atoms with Crippen molar-refractivity contribution in [3.63, 3.8) is 0 Å². The minimum atomic E-state index is -0.349. The number of pyridine rings is 4. The number of hydrogen-bond acceptors (Lipinski definition) is 10. The zero-order valence-electron chi connectivity index (χ0n) is 67.7. The number of rotatable bonds is 16. The van der Waals surface area contributed by atoms with E-state index in [-0.39, 0.29) is 18.3 Å².